The summed E-state index contributed by atoms with van der Waals surface area (Å²) in [4.78, 5) is 0. The van der Waals surface area contributed by atoms with Crippen LogP contribution in [-0.2, 0) is 0 Å². The standard InChI is InChI=1S/C19H18FNO/c20-15-7-5-14(6-8-15)17-13-19(9-11-21-12-10-19)22-18-4-2-1-3-16(17)18/h1-8,13,21H,9-12H2. The monoisotopic (exact) mass is 295 g/mol. The first-order valence-corrected chi connectivity index (χ1v) is 7.74. The molecule has 0 aliphatic carbocycles. The van der Waals surface area contributed by atoms with Crippen molar-refractivity contribution in [3.8, 4) is 5.75 Å². The molecule has 3 heteroatoms. The van der Waals surface area contributed by atoms with E-state index in [1.165, 1.54) is 12.1 Å². The number of ether oxygens (including phenoxy) is 1. The van der Waals surface area contributed by atoms with Gasteiger partial charge in [0.15, 0.2) is 0 Å². The number of rotatable bonds is 1. The van der Waals surface area contributed by atoms with E-state index in [4.69, 9.17) is 4.74 Å². The van der Waals surface area contributed by atoms with Crippen LogP contribution < -0.4 is 10.1 Å². The molecule has 4 rings (SSSR count). The molecule has 2 aromatic rings. The molecule has 0 saturated carbocycles. The van der Waals surface area contributed by atoms with Gasteiger partial charge in [-0.2, -0.15) is 0 Å². The van der Waals surface area contributed by atoms with Gasteiger partial charge in [0.2, 0.25) is 0 Å². The largest absolute Gasteiger partial charge is 0.482 e. The topological polar surface area (TPSA) is 21.3 Å². The summed E-state index contributed by atoms with van der Waals surface area (Å²) in [7, 11) is 0. The molecular formula is C19H18FNO. The number of halogens is 1. The van der Waals surface area contributed by atoms with E-state index in [1.54, 1.807) is 0 Å². The summed E-state index contributed by atoms with van der Waals surface area (Å²) < 4.78 is 19.6. The quantitative estimate of drug-likeness (QED) is 0.864. The molecule has 1 fully saturated rings. The van der Waals surface area contributed by atoms with E-state index in [9.17, 15) is 4.39 Å². The van der Waals surface area contributed by atoms with Crippen molar-refractivity contribution in [1.29, 1.82) is 0 Å². The van der Waals surface area contributed by atoms with Crippen LogP contribution in [-0.4, -0.2) is 18.7 Å². The van der Waals surface area contributed by atoms with E-state index in [1.807, 2.05) is 30.3 Å². The first-order valence-electron chi connectivity index (χ1n) is 7.74. The maximum atomic E-state index is 13.2. The van der Waals surface area contributed by atoms with Crippen LogP contribution in [0, 0.1) is 5.82 Å². The summed E-state index contributed by atoms with van der Waals surface area (Å²) in [5.74, 6) is 0.715. The van der Waals surface area contributed by atoms with Gasteiger partial charge in [-0.1, -0.05) is 30.3 Å². The SMILES string of the molecule is Fc1ccc(C2=CC3(CCNCC3)Oc3ccccc32)cc1. The summed E-state index contributed by atoms with van der Waals surface area (Å²) in [6.07, 6.45) is 4.14. The van der Waals surface area contributed by atoms with Crippen molar-refractivity contribution >= 4 is 5.57 Å². The smallest absolute Gasteiger partial charge is 0.130 e. The molecule has 0 radical (unpaired) electrons. The molecule has 0 aromatic heterocycles. The molecule has 2 heterocycles. The van der Waals surface area contributed by atoms with Crippen molar-refractivity contribution in [2.75, 3.05) is 13.1 Å². The fraction of sp³-hybridized carbons (Fsp3) is 0.263. The van der Waals surface area contributed by atoms with E-state index in [-0.39, 0.29) is 11.4 Å². The van der Waals surface area contributed by atoms with Crippen LogP contribution >= 0.6 is 0 Å². The van der Waals surface area contributed by atoms with Crippen LogP contribution in [0.1, 0.15) is 24.0 Å². The zero-order valence-electron chi connectivity index (χ0n) is 12.3. The van der Waals surface area contributed by atoms with Gasteiger partial charge in [-0.25, -0.2) is 4.39 Å². The summed E-state index contributed by atoms with van der Waals surface area (Å²) in [6, 6.07) is 14.8. The van der Waals surface area contributed by atoms with Crippen LogP contribution in [0.25, 0.3) is 5.57 Å². The Morgan fingerprint density at radius 3 is 2.45 bits per heavy atom. The Morgan fingerprint density at radius 1 is 0.955 bits per heavy atom. The van der Waals surface area contributed by atoms with Crippen molar-refractivity contribution < 1.29 is 9.13 Å². The molecule has 22 heavy (non-hydrogen) atoms. The van der Waals surface area contributed by atoms with E-state index in [0.717, 1.165) is 48.4 Å². The van der Waals surface area contributed by atoms with Crippen molar-refractivity contribution in [2.24, 2.45) is 0 Å². The summed E-state index contributed by atoms with van der Waals surface area (Å²) in [5.41, 5.74) is 3.01. The second-order valence-electron chi connectivity index (χ2n) is 5.98. The number of hydrogen-bond donors (Lipinski definition) is 1. The van der Waals surface area contributed by atoms with Crippen molar-refractivity contribution in [2.45, 2.75) is 18.4 Å². The maximum Gasteiger partial charge on any atom is 0.130 e. The van der Waals surface area contributed by atoms with Gasteiger partial charge >= 0.3 is 0 Å². The average Bonchev–Trinajstić information content (AvgIpc) is 2.56. The molecule has 2 aliphatic heterocycles. The Labute approximate surface area is 129 Å². The lowest BCUT2D eigenvalue weighted by molar-refractivity contribution is 0.0817. The third-order valence-electron chi connectivity index (χ3n) is 4.50. The first-order chi connectivity index (χ1) is 10.8. The van der Waals surface area contributed by atoms with Gasteiger partial charge < -0.3 is 10.1 Å². The van der Waals surface area contributed by atoms with Gasteiger partial charge in [0.1, 0.15) is 17.2 Å². The Kier molecular flexibility index (Phi) is 3.23. The molecule has 2 nitrogen and oxygen atoms in total. The number of hydrogen-bond acceptors (Lipinski definition) is 2. The minimum absolute atomic E-state index is 0.207. The number of nitrogens with one attached hydrogen (secondary N) is 1. The first kappa shape index (κ1) is 13.5. The lowest BCUT2D eigenvalue weighted by Gasteiger charge is -2.40. The summed E-state index contributed by atoms with van der Waals surface area (Å²) in [6.45, 7) is 1.91. The van der Waals surface area contributed by atoms with E-state index in [0.29, 0.717) is 0 Å². The van der Waals surface area contributed by atoms with Crippen molar-refractivity contribution in [1.82, 2.24) is 5.32 Å². The summed E-state index contributed by atoms with van der Waals surface area (Å²) >= 11 is 0. The number of piperidine rings is 1. The Bertz CT molecular complexity index is 714. The zero-order chi connectivity index (χ0) is 15.0. The Morgan fingerprint density at radius 2 is 1.68 bits per heavy atom. The van der Waals surface area contributed by atoms with Crippen LogP contribution in [0.5, 0.6) is 5.75 Å². The third-order valence-corrected chi connectivity index (χ3v) is 4.50. The third kappa shape index (κ3) is 2.32. The lowest BCUT2D eigenvalue weighted by Crippen LogP contribution is -2.46. The molecule has 0 bridgehead atoms. The van der Waals surface area contributed by atoms with Crippen molar-refractivity contribution in [3.05, 3.63) is 71.6 Å². The minimum Gasteiger partial charge on any atom is -0.482 e. The average molecular weight is 295 g/mol. The Hall–Kier alpha value is -2.13. The molecule has 0 amide bonds. The lowest BCUT2D eigenvalue weighted by atomic mass is 9.83. The Balaban J connectivity index is 1.85. The molecule has 1 saturated heterocycles. The highest BCUT2D eigenvalue weighted by Gasteiger charge is 2.36. The molecule has 2 aliphatic rings. The van der Waals surface area contributed by atoms with Gasteiger partial charge in [0.05, 0.1) is 0 Å². The van der Waals surface area contributed by atoms with Gasteiger partial charge in [0.25, 0.3) is 0 Å². The van der Waals surface area contributed by atoms with Crippen LogP contribution in [0.4, 0.5) is 4.39 Å². The van der Waals surface area contributed by atoms with Gasteiger partial charge in [-0.3, -0.25) is 0 Å². The van der Waals surface area contributed by atoms with Gasteiger partial charge in [-0.05, 0) is 48.5 Å². The molecule has 112 valence electrons. The normalized spacial score (nSPS) is 19.2. The predicted octanol–water partition coefficient (Wildman–Crippen LogP) is 3.77. The predicted molar refractivity (Wildman–Crippen MR) is 85.4 cm³/mol. The van der Waals surface area contributed by atoms with Crippen molar-refractivity contribution in [3.63, 3.8) is 0 Å². The molecule has 0 unspecified atom stereocenters. The highest BCUT2D eigenvalue weighted by Crippen LogP contribution is 2.42. The second kappa shape index (κ2) is 5.25. The number of para-hydroxylation sites is 1. The van der Waals surface area contributed by atoms with Crippen LogP contribution in [0.15, 0.2) is 54.6 Å². The molecule has 2 aromatic carbocycles. The molecule has 1 spiro atoms. The fourth-order valence-electron chi connectivity index (χ4n) is 3.33. The van der Waals surface area contributed by atoms with E-state index >= 15 is 0 Å². The highest BCUT2D eigenvalue weighted by atomic mass is 19.1. The van der Waals surface area contributed by atoms with E-state index in [2.05, 4.69) is 17.5 Å². The molecule has 1 N–H and O–H groups in total. The summed E-state index contributed by atoms with van der Waals surface area (Å²) in [5, 5.41) is 3.38. The second-order valence-corrected chi connectivity index (χ2v) is 5.98. The fourth-order valence-corrected chi connectivity index (χ4v) is 3.33. The van der Waals surface area contributed by atoms with Gasteiger partial charge in [0, 0.05) is 18.4 Å². The van der Waals surface area contributed by atoms with Gasteiger partial charge in [-0.15, -0.1) is 0 Å². The molecular weight excluding hydrogens is 277 g/mol. The van der Waals surface area contributed by atoms with Crippen LogP contribution in [0.2, 0.25) is 0 Å². The minimum atomic E-state index is -0.247. The highest BCUT2D eigenvalue weighted by molar-refractivity contribution is 5.84. The van der Waals surface area contributed by atoms with Crippen LogP contribution in [0.3, 0.4) is 0 Å². The zero-order valence-corrected chi connectivity index (χ0v) is 12.3. The van der Waals surface area contributed by atoms with E-state index < -0.39 is 0 Å². The number of benzene rings is 2. The maximum absolute atomic E-state index is 13.2. The number of fused-ring (bicyclic) bond motifs is 1. The molecule has 0 atom stereocenters.